The predicted molar refractivity (Wildman–Crippen MR) is 95.2 cm³/mol. The number of alkyl carbamates (subject to hydrolysis) is 1. The summed E-state index contributed by atoms with van der Waals surface area (Å²) in [5.74, 6) is 0.784. The molecule has 0 saturated heterocycles. The number of ether oxygens (including phenoxy) is 1. The number of nitrogens with zero attached hydrogens (tertiary/aromatic N) is 1. The molecule has 7 heteroatoms. The van der Waals surface area contributed by atoms with E-state index in [-0.39, 0.29) is 19.1 Å². The minimum atomic E-state index is -0.649. The molecule has 1 heterocycles. The van der Waals surface area contributed by atoms with Crippen molar-refractivity contribution < 1.29 is 19.7 Å². The van der Waals surface area contributed by atoms with Crippen LogP contribution in [0.25, 0.3) is 0 Å². The van der Waals surface area contributed by atoms with Gasteiger partial charge < -0.3 is 20.3 Å². The van der Waals surface area contributed by atoms with Crippen LogP contribution in [0, 0.1) is 5.92 Å². The smallest absolute Gasteiger partial charge is 0.407 e. The molecule has 2 unspecified atom stereocenters. The van der Waals surface area contributed by atoms with Crippen LogP contribution in [-0.2, 0) is 11.3 Å². The average molecular weight is 352 g/mol. The lowest BCUT2D eigenvalue weighted by atomic mass is 9.96. The fraction of sp³-hybridized carbons (Fsp3) is 0.529. The Morgan fingerprint density at radius 1 is 1.42 bits per heavy atom. The van der Waals surface area contributed by atoms with Gasteiger partial charge in [-0.2, -0.15) is 0 Å². The summed E-state index contributed by atoms with van der Waals surface area (Å²) >= 11 is 1.56. The van der Waals surface area contributed by atoms with Crippen molar-refractivity contribution in [1.29, 1.82) is 0 Å². The van der Waals surface area contributed by atoms with Gasteiger partial charge in [0.05, 0.1) is 17.7 Å². The van der Waals surface area contributed by atoms with Crippen molar-refractivity contribution in [2.24, 2.45) is 10.9 Å². The molecular formula is C17H24N2O4S. The van der Waals surface area contributed by atoms with Crippen LogP contribution in [0.3, 0.4) is 0 Å². The Bertz CT molecular complexity index is 553. The van der Waals surface area contributed by atoms with E-state index < -0.39 is 18.2 Å². The highest BCUT2D eigenvalue weighted by Crippen LogP contribution is 2.20. The van der Waals surface area contributed by atoms with Crippen LogP contribution in [-0.4, -0.2) is 52.4 Å². The normalized spacial score (nSPS) is 17.7. The zero-order valence-corrected chi connectivity index (χ0v) is 14.5. The van der Waals surface area contributed by atoms with Gasteiger partial charge in [0, 0.05) is 12.3 Å². The second-order valence-corrected chi connectivity index (χ2v) is 6.91. The molecule has 0 bridgehead atoms. The highest BCUT2D eigenvalue weighted by atomic mass is 32.2. The van der Waals surface area contributed by atoms with Crippen LogP contribution in [0.5, 0.6) is 0 Å². The van der Waals surface area contributed by atoms with Gasteiger partial charge in [-0.15, -0.1) is 11.8 Å². The first-order valence-corrected chi connectivity index (χ1v) is 9.02. The van der Waals surface area contributed by atoms with Gasteiger partial charge in [0.2, 0.25) is 0 Å². The molecule has 1 aliphatic heterocycles. The van der Waals surface area contributed by atoms with Crippen molar-refractivity contribution in [1.82, 2.24) is 5.32 Å². The van der Waals surface area contributed by atoms with Crippen molar-refractivity contribution in [2.75, 3.05) is 18.9 Å². The van der Waals surface area contributed by atoms with E-state index in [1.165, 1.54) is 0 Å². The Balaban J connectivity index is 1.78. The largest absolute Gasteiger partial charge is 0.445 e. The third kappa shape index (κ3) is 5.81. The Morgan fingerprint density at radius 2 is 2.17 bits per heavy atom. The Kier molecular flexibility index (Phi) is 7.55. The molecular weight excluding hydrogens is 328 g/mol. The lowest BCUT2D eigenvalue weighted by Gasteiger charge is -2.25. The van der Waals surface area contributed by atoms with Crippen LogP contribution >= 0.6 is 11.8 Å². The van der Waals surface area contributed by atoms with Gasteiger partial charge in [0.1, 0.15) is 12.7 Å². The summed E-state index contributed by atoms with van der Waals surface area (Å²) in [6.07, 6.45) is -0.800. The lowest BCUT2D eigenvalue weighted by molar-refractivity contribution is 0.114. The molecule has 1 amide bonds. The van der Waals surface area contributed by atoms with Crippen LogP contribution in [0.15, 0.2) is 35.3 Å². The molecule has 0 fully saturated rings. The summed E-state index contributed by atoms with van der Waals surface area (Å²) in [5, 5.41) is 23.1. The van der Waals surface area contributed by atoms with E-state index in [1.807, 2.05) is 37.3 Å². The molecule has 24 heavy (non-hydrogen) atoms. The summed E-state index contributed by atoms with van der Waals surface area (Å²) < 4.78 is 5.16. The first kappa shape index (κ1) is 18.8. The van der Waals surface area contributed by atoms with Gasteiger partial charge in [-0.25, -0.2) is 4.79 Å². The van der Waals surface area contributed by atoms with E-state index in [0.717, 1.165) is 22.9 Å². The van der Waals surface area contributed by atoms with E-state index in [2.05, 4.69) is 10.3 Å². The number of thioether (sulfide) groups is 1. The maximum Gasteiger partial charge on any atom is 0.407 e. The van der Waals surface area contributed by atoms with E-state index in [1.54, 1.807) is 11.8 Å². The number of hydrogen-bond donors (Lipinski definition) is 3. The van der Waals surface area contributed by atoms with Gasteiger partial charge in [0.25, 0.3) is 0 Å². The number of rotatable bonds is 8. The molecule has 0 aromatic heterocycles. The van der Waals surface area contributed by atoms with Crippen LogP contribution in [0.1, 0.15) is 18.9 Å². The number of carbonyl (C=O) groups excluding carboxylic acids is 1. The summed E-state index contributed by atoms with van der Waals surface area (Å²) in [6.45, 7) is 2.57. The van der Waals surface area contributed by atoms with E-state index in [0.29, 0.717) is 6.42 Å². The highest BCUT2D eigenvalue weighted by molar-refractivity contribution is 8.14. The second kappa shape index (κ2) is 9.66. The van der Waals surface area contributed by atoms with E-state index in [9.17, 15) is 15.0 Å². The molecule has 6 nitrogen and oxygen atoms in total. The summed E-state index contributed by atoms with van der Waals surface area (Å²) in [5.41, 5.74) is 0.896. The quantitative estimate of drug-likeness (QED) is 0.664. The highest BCUT2D eigenvalue weighted by Gasteiger charge is 2.25. The number of hydrogen-bond acceptors (Lipinski definition) is 6. The number of amides is 1. The monoisotopic (exact) mass is 352 g/mol. The molecule has 1 aliphatic rings. The van der Waals surface area contributed by atoms with Crippen molar-refractivity contribution in [2.45, 2.75) is 32.1 Å². The van der Waals surface area contributed by atoms with Crippen molar-refractivity contribution in [3.63, 3.8) is 0 Å². The molecule has 0 aliphatic carbocycles. The number of aliphatic hydroxyl groups is 2. The van der Waals surface area contributed by atoms with E-state index >= 15 is 0 Å². The molecule has 3 atom stereocenters. The Hall–Kier alpha value is -1.57. The van der Waals surface area contributed by atoms with Gasteiger partial charge in [-0.05, 0) is 17.9 Å². The minimum absolute atomic E-state index is 0.113. The number of aliphatic imine (C=N–C) groups is 1. The Morgan fingerprint density at radius 3 is 2.79 bits per heavy atom. The van der Waals surface area contributed by atoms with Crippen molar-refractivity contribution >= 4 is 22.9 Å². The number of carbonyl (C=O) groups is 1. The predicted octanol–water partition coefficient (Wildman–Crippen LogP) is 1.81. The molecule has 0 saturated carbocycles. The van der Waals surface area contributed by atoms with Crippen molar-refractivity contribution in [3.8, 4) is 0 Å². The third-order valence-electron chi connectivity index (χ3n) is 3.89. The van der Waals surface area contributed by atoms with E-state index in [4.69, 9.17) is 4.74 Å². The third-order valence-corrected chi connectivity index (χ3v) is 4.97. The Labute approximate surface area is 146 Å². The summed E-state index contributed by atoms with van der Waals surface area (Å²) in [6, 6.07) is 8.91. The van der Waals surface area contributed by atoms with Crippen molar-refractivity contribution in [3.05, 3.63) is 35.9 Å². The number of nitrogens with one attached hydrogen (secondary N) is 1. The molecule has 132 valence electrons. The fourth-order valence-corrected chi connectivity index (χ4v) is 3.32. The first-order valence-electron chi connectivity index (χ1n) is 8.03. The lowest BCUT2D eigenvalue weighted by Crippen LogP contribution is -2.43. The minimum Gasteiger partial charge on any atom is -0.445 e. The zero-order valence-electron chi connectivity index (χ0n) is 13.7. The first-order chi connectivity index (χ1) is 11.6. The molecule has 1 aromatic carbocycles. The molecule has 2 rings (SSSR count). The molecule has 3 N–H and O–H groups in total. The van der Waals surface area contributed by atoms with Crippen LogP contribution in [0.2, 0.25) is 0 Å². The van der Waals surface area contributed by atoms with Gasteiger partial charge >= 0.3 is 6.09 Å². The topological polar surface area (TPSA) is 91.2 Å². The van der Waals surface area contributed by atoms with Gasteiger partial charge in [0.15, 0.2) is 0 Å². The summed E-state index contributed by atoms with van der Waals surface area (Å²) in [7, 11) is 0. The SMILES string of the molecule is CC(CC(O)C1=NCCS1)[C@@H](CO)NC(=O)OCc1ccccc1. The van der Waals surface area contributed by atoms with Crippen LogP contribution < -0.4 is 5.32 Å². The molecule has 0 radical (unpaired) electrons. The number of aliphatic hydroxyl groups excluding tert-OH is 2. The number of benzene rings is 1. The second-order valence-electron chi connectivity index (χ2n) is 5.79. The molecule has 0 spiro atoms. The summed E-state index contributed by atoms with van der Waals surface area (Å²) in [4.78, 5) is 16.2. The molecule has 1 aromatic rings. The maximum absolute atomic E-state index is 11.9. The van der Waals surface area contributed by atoms with Gasteiger partial charge in [-0.1, -0.05) is 37.3 Å². The zero-order chi connectivity index (χ0) is 17.4. The fourth-order valence-electron chi connectivity index (χ4n) is 2.45. The average Bonchev–Trinajstić information content (AvgIpc) is 3.13. The van der Waals surface area contributed by atoms with Gasteiger partial charge in [-0.3, -0.25) is 4.99 Å². The maximum atomic E-state index is 11.9. The van der Waals surface area contributed by atoms with Crippen LogP contribution in [0.4, 0.5) is 4.79 Å². The standard InChI is InChI=1S/C17H24N2O4S/c1-12(9-15(21)16-18-7-8-24-16)14(10-20)19-17(22)23-11-13-5-3-2-4-6-13/h2-6,12,14-15,20-21H,7-11H2,1H3,(H,19,22)/t12?,14-,15?/m1/s1.